The van der Waals surface area contributed by atoms with Crippen LogP contribution in [0.4, 0.5) is 0 Å². The van der Waals surface area contributed by atoms with E-state index in [-0.39, 0.29) is 29.8 Å². The first-order chi connectivity index (χ1) is 9.50. The summed E-state index contributed by atoms with van der Waals surface area (Å²) < 4.78 is 0. The topological polar surface area (TPSA) is 57.6 Å². The predicted molar refractivity (Wildman–Crippen MR) is 75.1 cm³/mol. The van der Waals surface area contributed by atoms with Crippen LogP contribution < -0.4 is 0 Å². The Kier molecular flexibility index (Phi) is 3.51. The molecule has 4 nitrogen and oxygen atoms in total. The lowest BCUT2D eigenvalue weighted by atomic mass is 9.77. The number of piperidine rings is 1. The summed E-state index contributed by atoms with van der Waals surface area (Å²) in [6, 6.07) is 0.527. The van der Waals surface area contributed by atoms with Crippen LogP contribution in [0.25, 0.3) is 0 Å². The molecule has 2 aliphatic carbocycles. The van der Waals surface area contributed by atoms with E-state index in [0.717, 1.165) is 32.1 Å². The summed E-state index contributed by atoms with van der Waals surface area (Å²) in [7, 11) is 0. The number of nitrogens with zero attached hydrogens (tertiary/aromatic N) is 1. The number of carbonyl (C=O) groups excluding carboxylic acids is 1. The molecule has 6 atom stereocenters. The van der Waals surface area contributed by atoms with Crippen molar-refractivity contribution in [1.29, 1.82) is 0 Å². The van der Waals surface area contributed by atoms with Crippen molar-refractivity contribution in [3.05, 3.63) is 0 Å². The van der Waals surface area contributed by atoms with Crippen molar-refractivity contribution in [3.8, 4) is 0 Å². The third-order valence-corrected chi connectivity index (χ3v) is 5.93. The number of fused-ring (bicyclic) bond motifs is 2. The van der Waals surface area contributed by atoms with Gasteiger partial charge in [-0.2, -0.15) is 0 Å². The number of amides is 1. The number of likely N-dealkylation sites (tertiary alicyclic amines) is 1. The van der Waals surface area contributed by atoms with Gasteiger partial charge in [-0.15, -0.1) is 0 Å². The Morgan fingerprint density at radius 2 is 1.50 bits per heavy atom. The fraction of sp³-hybridized carbons (Fsp3) is 0.875. The molecule has 2 bridgehead atoms. The molecule has 0 aromatic carbocycles. The molecular weight excluding hydrogens is 254 g/mol. The molecule has 0 aromatic heterocycles. The van der Waals surface area contributed by atoms with Crippen LogP contribution in [0.15, 0.2) is 0 Å². The Bertz CT molecular complexity index is 412. The van der Waals surface area contributed by atoms with E-state index in [2.05, 4.69) is 13.8 Å². The summed E-state index contributed by atoms with van der Waals surface area (Å²) >= 11 is 0. The second-order valence-corrected chi connectivity index (χ2v) is 7.10. The molecule has 0 radical (unpaired) electrons. The van der Waals surface area contributed by atoms with Gasteiger partial charge in [0.2, 0.25) is 5.91 Å². The van der Waals surface area contributed by atoms with Crippen LogP contribution in [0, 0.1) is 23.7 Å². The molecule has 20 heavy (non-hydrogen) atoms. The van der Waals surface area contributed by atoms with Crippen molar-refractivity contribution in [2.45, 2.75) is 64.5 Å². The number of hydrogen-bond donors (Lipinski definition) is 1. The van der Waals surface area contributed by atoms with E-state index in [1.165, 1.54) is 6.42 Å². The molecule has 0 aromatic rings. The molecule has 0 unspecified atom stereocenters. The van der Waals surface area contributed by atoms with Gasteiger partial charge < -0.3 is 10.0 Å². The van der Waals surface area contributed by atoms with Crippen molar-refractivity contribution >= 4 is 11.9 Å². The van der Waals surface area contributed by atoms with Crippen LogP contribution in [0.5, 0.6) is 0 Å². The van der Waals surface area contributed by atoms with Gasteiger partial charge in [0.1, 0.15) is 0 Å². The lowest BCUT2D eigenvalue weighted by Gasteiger charge is -2.42. The molecular formula is C16H25NO3. The molecule has 1 amide bonds. The molecule has 0 spiro atoms. The monoisotopic (exact) mass is 279 g/mol. The highest BCUT2D eigenvalue weighted by Crippen LogP contribution is 2.53. The first-order valence-corrected chi connectivity index (χ1v) is 8.05. The molecule has 1 N–H and O–H groups in total. The minimum atomic E-state index is -0.757. The second kappa shape index (κ2) is 5.05. The quantitative estimate of drug-likeness (QED) is 0.845. The van der Waals surface area contributed by atoms with E-state index in [4.69, 9.17) is 0 Å². The predicted octanol–water partition coefficient (Wildman–Crippen LogP) is 2.52. The molecule has 3 aliphatic rings. The fourth-order valence-corrected chi connectivity index (χ4v) is 5.03. The maximum Gasteiger partial charge on any atom is 0.307 e. The van der Waals surface area contributed by atoms with Gasteiger partial charge in [-0.3, -0.25) is 9.59 Å². The minimum Gasteiger partial charge on any atom is -0.481 e. The van der Waals surface area contributed by atoms with Gasteiger partial charge in [0.05, 0.1) is 11.8 Å². The van der Waals surface area contributed by atoms with Gasteiger partial charge >= 0.3 is 5.97 Å². The van der Waals surface area contributed by atoms with E-state index in [1.54, 1.807) is 0 Å². The number of rotatable bonds is 2. The maximum atomic E-state index is 13.0. The minimum absolute atomic E-state index is 0.129. The number of hydrogen-bond acceptors (Lipinski definition) is 2. The van der Waals surface area contributed by atoms with E-state index < -0.39 is 11.9 Å². The zero-order valence-electron chi connectivity index (χ0n) is 12.4. The summed E-state index contributed by atoms with van der Waals surface area (Å²) in [4.78, 5) is 26.6. The highest BCUT2D eigenvalue weighted by atomic mass is 16.4. The first-order valence-electron chi connectivity index (χ1n) is 8.05. The summed E-state index contributed by atoms with van der Waals surface area (Å²) in [5.41, 5.74) is 0. The third-order valence-electron chi connectivity index (χ3n) is 5.93. The smallest absolute Gasteiger partial charge is 0.307 e. The molecule has 4 heteroatoms. The zero-order valence-corrected chi connectivity index (χ0v) is 12.4. The molecule has 2 saturated carbocycles. The first kappa shape index (κ1) is 13.9. The largest absolute Gasteiger partial charge is 0.481 e. The third kappa shape index (κ3) is 2.04. The Balaban J connectivity index is 1.83. The van der Waals surface area contributed by atoms with Crippen LogP contribution in [0.3, 0.4) is 0 Å². The lowest BCUT2D eigenvalue weighted by Crippen LogP contribution is -2.52. The van der Waals surface area contributed by atoms with Gasteiger partial charge in [-0.25, -0.2) is 0 Å². The molecule has 112 valence electrons. The van der Waals surface area contributed by atoms with Crippen LogP contribution in [-0.4, -0.2) is 34.0 Å². The van der Waals surface area contributed by atoms with Crippen LogP contribution >= 0.6 is 0 Å². The van der Waals surface area contributed by atoms with Crippen LogP contribution in [0.2, 0.25) is 0 Å². The van der Waals surface area contributed by atoms with Crippen molar-refractivity contribution in [2.75, 3.05) is 0 Å². The van der Waals surface area contributed by atoms with Crippen LogP contribution in [0.1, 0.15) is 52.4 Å². The summed E-state index contributed by atoms with van der Waals surface area (Å²) in [6.45, 7) is 4.22. The van der Waals surface area contributed by atoms with Gasteiger partial charge in [0, 0.05) is 12.1 Å². The Hall–Kier alpha value is -1.06. The van der Waals surface area contributed by atoms with Gasteiger partial charge in [-0.1, -0.05) is 0 Å². The Morgan fingerprint density at radius 1 is 0.950 bits per heavy atom. The average molecular weight is 279 g/mol. The normalized spacial score (nSPS) is 43.8. The summed E-state index contributed by atoms with van der Waals surface area (Å²) in [6.07, 6.45) is 6.26. The second-order valence-electron chi connectivity index (χ2n) is 7.10. The zero-order chi connectivity index (χ0) is 14.4. The van der Waals surface area contributed by atoms with E-state index >= 15 is 0 Å². The van der Waals surface area contributed by atoms with Gasteiger partial charge in [0.15, 0.2) is 0 Å². The molecule has 3 rings (SSSR count). The number of carbonyl (C=O) groups is 2. The number of carboxylic acid groups (broad SMARTS) is 1. The van der Waals surface area contributed by atoms with E-state index in [1.807, 2.05) is 4.90 Å². The summed E-state index contributed by atoms with van der Waals surface area (Å²) in [5.74, 6) is -0.759. The molecule has 1 aliphatic heterocycles. The average Bonchev–Trinajstić information content (AvgIpc) is 2.98. The lowest BCUT2D eigenvalue weighted by molar-refractivity contribution is -0.155. The summed E-state index contributed by atoms with van der Waals surface area (Å²) in [5, 5.41) is 9.51. The van der Waals surface area contributed by atoms with Gasteiger partial charge in [0.25, 0.3) is 0 Å². The van der Waals surface area contributed by atoms with Crippen molar-refractivity contribution < 1.29 is 14.7 Å². The van der Waals surface area contributed by atoms with E-state index in [9.17, 15) is 14.7 Å². The molecule has 1 heterocycles. The fourth-order valence-electron chi connectivity index (χ4n) is 5.03. The van der Waals surface area contributed by atoms with Crippen molar-refractivity contribution in [1.82, 2.24) is 4.90 Å². The van der Waals surface area contributed by atoms with Gasteiger partial charge in [-0.05, 0) is 64.2 Å². The standard InChI is InChI=1S/C16H25NO3/c1-9-4-3-5-10(2)17(9)15(18)13-11-6-7-12(8-11)14(13)16(19)20/h9-14H,3-8H2,1-2H3,(H,19,20)/t9-,10-,11+,12-,13+,14-/m0/s1. The number of carboxylic acids is 1. The van der Waals surface area contributed by atoms with Crippen molar-refractivity contribution in [2.24, 2.45) is 23.7 Å². The highest BCUT2D eigenvalue weighted by Gasteiger charge is 2.55. The Morgan fingerprint density at radius 3 is 2.05 bits per heavy atom. The van der Waals surface area contributed by atoms with Crippen LogP contribution in [-0.2, 0) is 9.59 Å². The van der Waals surface area contributed by atoms with E-state index in [0.29, 0.717) is 5.92 Å². The molecule has 3 fully saturated rings. The van der Waals surface area contributed by atoms with Crippen molar-refractivity contribution in [3.63, 3.8) is 0 Å². The number of aliphatic carboxylic acids is 1. The highest BCUT2D eigenvalue weighted by molar-refractivity contribution is 5.86. The molecule has 1 saturated heterocycles. The Labute approximate surface area is 120 Å². The SMILES string of the molecule is C[C@H]1CCC[C@H](C)N1C(=O)[C@@H]1[C@@H]2CC[C@@H](C2)[C@@H]1C(=O)O. The maximum absolute atomic E-state index is 13.0.